The number of hydrogen-bond donors (Lipinski definition) is 1. The van der Waals surface area contributed by atoms with E-state index < -0.39 is 15.4 Å². The van der Waals surface area contributed by atoms with Crippen molar-refractivity contribution >= 4 is 33.2 Å². The molecular weight excluding hydrogens is 321 g/mol. The van der Waals surface area contributed by atoms with Crippen LogP contribution in [0.25, 0.3) is 0 Å². The van der Waals surface area contributed by atoms with Crippen molar-refractivity contribution in [3.8, 4) is 5.75 Å². The van der Waals surface area contributed by atoms with Gasteiger partial charge in [0.1, 0.15) is 0 Å². The molecule has 0 saturated heterocycles. The molecule has 0 radical (unpaired) electrons. The Kier molecular flexibility index (Phi) is 4.84. The van der Waals surface area contributed by atoms with Crippen LogP contribution in [0.4, 0.5) is 0 Å². The van der Waals surface area contributed by atoms with Crippen molar-refractivity contribution in [2.45, 2.75) is 25.7 Å². The van der Waals surface area contributed by atoms with Crippen LogP contribution in [-0.4, -0.2) is 20.8 Å². The predicted octanol–water partition coefficient (Wildman–Crippen LogP) is 3.22. The van der Waals surface area contributed by atoms with Crippen molar-refractivity contribution in [3.63, 3.8) is 0 Å². The Balaban J connectivity index is 2.14. The van der Waals surface area contributed by atoms with Gasteiger partial charge in [0.25, 0.3) is 0 Å². The quantitative estimate of drug-likeness (QED) is 0.896. The van der Waals surface area contributed by atoms with Crippen molar-refractivity contribution in [3.05, 3.63) is 28.2 Å². The first kappa shape index (κ1) is 15.9. The summed E-state index contributed by atoms with van der Waals surface area (Å²) < 4.78 is 28.5. The molecule has 0 spiro atoms. The second-order valence-electron chi connectivity index (χ2n) is 5.35. The third-order valence-electron chi connectivity index (χ3n) is 3.61. The van der Waals surface area contributed by atoms with Gasteiger partial charge in [-0.05, 0) is 25.0 Å². The average Bonchev–Trinajstić information content (AvgIpc) is 2.75. The summed E-state index contributed by atoms with van der Waals surface area (Å²) in [5.74, 6) is 0.332. The first-order valence-electron chi connectivity index (χ1n) is 6.39. The lowest BCUT2D eigenvalue weighted by Gasteiger charge is -2.28. The summed E-state index contributed by atoms with van der Waals surface area (Å²) in [5, 5.41) is 6.03. The summed E-state index contributed by atoms with van der Waals surface area (Å²) >= 11 is 12.1. The molecule has 0 amide bonds. The van der Waals surface area contributed by atoms with E-state index in [2.05, 4.69) is 0 Å². The Bertz CT molecular complexity index is 563. The molecule has 2 N–H and O–H groups in total. The summed E-state index contributed by atoms with van der Waals surface area (Å²) in [4.78, 5) is 0. The molecule has 7 heteroatoms. The molecule has 1 aliphatic rings. The molecule has 20 heavy (non-hydrogen) atoms. The number of rotatable bonds is 5. The van der Waals surface area contributed by atoms with E-state index in [4.69, 9.17) is 33.1 Å². The Hall–Kier alpha value is -0.490. The summed E-state index contributed by atoms with van der Waals surface area (Å²) in [6.45, 7) is 0.257. The third kappa shape index (κ3) is 4.01. The second kappa shape index (κ2) is 6.10. The van der Waals surface area contributed by atoms with Crippen molar-refractivity contribution < 1.29 is 13.2 Å². The Labute approximate surface area is 129 Å². The first-order chi connectivity index (χ1) is 9.31. The summed E-state index contributed by atoms with van der Waals surface area (Å²) in [7, 11) is -3.54. The molecule has 1 aromatic rings. The smallest absolute Gasteiger partial charge is 0.209 e. The molecule has 4 nitrogen and oxygen atoms in total. The van der Waals surface area contributed by atoms with Crippen molar-refractivity contribution in [2.75, 3.05) is 12.4 Å². The molecule has 0 bridgehead atoms. The van der Waals surface area contributed by atoms with E-state index in [0.717, 1.165) is 25.7 Å². The highest BCUT2D eigenvalue weighted by Crippen LogP contribution is 2.41. The Morgan fingerprint density at radius 2 is 1.75 bits per heavy atom. The first-order valence-corrected chi connectivity index (χ1v) is 8.86. The topological polar surface area (TPSA) is 69.4 Å². The van der Waals surface area contributed by atoms with Crippen LogP contribution in [0.3, 0.4) is 0 Å². The summed E-state index contributed by atoms with van der Waals surface area (Å²) in [6, 6.07) is 5.10. The number of hydrogen-bond acceptors (Lipinski definition) is 3. The highest BCUT2D eigenvalue weighted by molar-refractivity contribution is 7.89. The molecule has 0 aliphatic heterocycles. The van der Waals surface area contributed by atoms with Crippen molar-refractivity contribution in [2.24, 2.45) is 10.6 Å². The van der Waals surface area contributed by atoms with E-state index >= 15 is 0 Å². The van der Waals surface area contributed by atoms with Crippen LogP contribution in [0, 0.1) is 5.41 Å². The monoisotopic (exact) mass is 337 g/mol. The van der Waals surface area contributed by atoms with E-state index in [1.807, 2.05) is 0 Å². The lowest BCUT2D eigenvalue weighted by Crippen LogP contribution is -2.36. The zero-order valence-corrected chi connectivity index (χ0v) is 13.3. The van der Waals surface area contributed by atoms with Gasteiger partial charge in [-0.3, -0.25) is 0 Å². The predicted molar refractivity (Wildman–Crippen MR) is 80.8 cm³/mol. The normalized spacial score (nSPS) is 18.1. The van der Waals surface area contributed by atoms with Gasteiger partial charge in [-0.2, -0.15) is 0 Å². The fourth-order valence-corrected chi connectivity index (χ4v) is 4.46. The molecule has 1 aromatic carbocycles. The maximum absolute atomic E-state index is 11.4. The Morgan fingerprint density at radius 3 is 2.25 bits per heavy atom. The second-order valence-corrected chi connectivity index (χ2v) is 7.78. The highest BCUT2D eigenvalue weighted by Gasteiger charge is 2.38. The van der Waals surface area contributed by atoms with Gasteiger partial charge in [-0.25, -0.2) is 13.6 Å². The molecular formula is C13H17Cl2NO3S. The van der Waals surface area contributed by atoms with Gasteiger partial charge in [0.05, 0.1) is 22.4 Å². The average molecular weight is 338 g/mol. The molecule has 0 heterocycles. The van der Waals surface area contributed by atoms with E-state index in [-0.39, 0.29) is 12.4 Å². The number of primary sulfonamides is 1. The number of ether oxygens (including phenoxy) is 1. The Morgan fingerprint density at radius 1 is 1.20 bits per heavy atom. The zero-order chi connectivity index (χ0) is 14.8. The number of nitrogens with two attached hydrogens (primary N) is 1. The van der Waals surface area contributed by atoms with Crippen LogP contribution < -0.4 is 9.88 Å². The molecule has 0 atom stereocenters. The SMILES string of the molecule is NS(=O)(=O)CC1(COc2c(Cl)cccc2Cl)CCCC1. The third-order valence-corrected chi connectivity index (χ3v) is 5.22. The van der Waals surface area contributed by atoms with E-state index in [1.54, 1.807) is 18.2 Å². The van der Waals surface area contributed by atoms with Gasteiger partial charge in [0, 0.05) is 5.41 Å². The van der Waals surface area contributed by atoms with Crippen molar-refractivity contribution in [1.29, 1.82) is 0 Å². The van der Waals surface area contributed by atoms with Gasteiger partial charge in [0.15, 0.2) is 5.75 Å². The molecule has 1 saturated carbocycles. The standard InChI is InChI=1S/C13H17Cl2NO3S/c14-10-4-3-5-11(15)12(10)19-8-13(6-1-2-7-13)9-20(16,17)18/h3-5H,1-2,6-9H2,(H2,16,17,18). The molecule has 1 fully saturated rings. The van der Waals surface area contributed by atoms with Crippen LogP contribution >= 0.6 is 23.2 Å². The lowest BCUT2D eigenvalue weighted by molar-refractivity contribution is 0.171. The molecule has 1 aliphatic carbocycles. The minimum Gasteiger partial charge on any atom is -0.490 e. The van der Waals surface area contributed by atoms with E-state index in [1.165, 1.54) is 0 Å². The molecule has 112 valence electrons. The van der Waals surface area contributed by atoms with Crippen LogP contribution in [-0.2, 0) is 10.0 Å². The molecule has 2 rings (SSSR count). The largest absolute Gasteiger partial charge is 0.490 e. The van der Waals surface area contributed by atoms with Gasteiger partial charge >= 0.3 is 0 Å². The zero-order valence-electron chi connectivity index (χ0n) is 10.9. The van der Waals surface area contributed by atoms with Gasteiger partial charge in [0.2, 0.25) is 10.0 Å². The van der Waals surface area contributed by atoms with Crippen molar-refractivity contribution in [1.82, 2.24) is 0 Å². The van der Waals surface area contributed by atoms with Crippen LogP contribution in [0.1, 0.15) is 25.7 Å². The van der Waals surface area contributed by atoms with Gasteiger partial charge < -0.3 is 4.74 Å². The minimum absolute atomic E-state index is 0.0674. The van der Waals surface area contributed by atoms with E-state index in [0.29, 0.717) is 15.8 Å². The lowest BCUT2D eigenvalue weighted by atomic mass is 9.90. The molecule has 0 unspecified atom stereocenters. The van der Waals surface area contributed by atoms with Gasteiger partial charge in [-0.15, -0.1) is 0 Å². The fraction of sp³-hybridized carbons (Fsp3) is 0.538. The summed E-state index contributed by atoms with van der Waals surface area (Å²) in [6.07, 6.45) is 3.53. The number of para-hydroxylation sites is 1. The number of halogens is 2. The van der Waals surface area contributed by atoms with Crippen LogP contribution in [0.2, 0.25) is 10.0 Å². The molecule has 0 aromatic heterocycles. The summed E-state index contributed by atoms with van der Waals surface area (Å²) in [5.41, 5.74) is -0.434. The number of sulfonamides is 1. The van der Waals surface area contributed by atoms with Gasteiger partial charge in [-0.1, -0.05) is 42.1 Å². The maximum atomic E-state index is 11.4. The van der Waals surface area contributed by atoms with E-state index in [9.17, 15) is 8.42 Å². The maximum Gasteiger partial charge on any atom is 0.209 e. The minimum atomic E-state index is -3.54. The number of benzene rings is 1. The highest BCUT2D eigenvalue weighted by atomic mass is 35.5. The van der Waals surface area contributed by atoms with Crippen LogP contribution in [0.15, 0.2) is 18.2 Å². The fourth-order valence-electron chi connectivity index (χ4n) is 2.73. The van der Waals surface area contributed by atoms with Crippen LogP contribution in [0.5, 0.6) is 5.75 Å².